The number of carbonyl (C=O) groups is 2. The molecule has 1 amide bonds. The Balaban J connectivity index is 1.54. The fourth-order valence-corrected chi connectivity index (χ4v) is 3.49. The number of para-hydroxylation sites is 2. The van der Waals surface area contributed by atoms with Crippen LogP contribution in [-0.2, 0) is 16.1 Å². The molecule has 1 aliphatic heterocycles. The van der Waals surface area contributed by atoms with E-state index in [1.54, 1.807) is 37.3 Å². The van der Waals surface area contributed by atoms with Crippen molar-refractivity contribution in [1.29, 1.82) is 0 Å². The smallest absolute Gasteiger partial charge is 0.338 e. The summed E-state index contributed by atoms with van der Waals surface area (Å²) in [7, 11) is 0. The van der Waals surface area contributed by atoms with Crippen molar-refractivity contribution < 1.29 is 19.1 Å². The second-order valence-corrected chi connectivity index (χ2v) is 7.50. The highest BCUT2D eigenvalue weighted by molar-refractivity contribution is 5.98. The topological polar surface area (TPSA) is 67.9 Å². The van der Waals surface area contributed by atoms with Crippen molar-refractivity contribution in [2.45, 2.75) is 45.8 Å². The lowest BCUT2D eigenvalue weighted by molar-refractivity contribution is -0.123. The second-order valence-electron chi connectivity index (χ2n) is 7.50. The van der Waals surface area contributed by atoms with Crippen molar-refractivity contribution in [3.8, 4) is 5.75 Å². The van der Waals surface area contributed by atoms with Gasteiger partial charge in [-0.2, -0.15) is 0 Å². The number of nitrogens with zero attached hydrogens (tertiary/aromatic N) is 1. The fraction of sp³-hybridized carbons (Fsp3) is 0.417. The summed E-state index contributed by atoms with van der Waals surface area (Å²) in [5.74, 6) is -0.339. The fourth-order valence-electron chi connectivity index (χ4n) is 3.49. The van der Waals surface area contributed by atoms with Crippen LogP contribution in [0.15, 0.2) is 48.5 Å². The van der Waals surface area contributed by atoms with Crippen LogP contribution in [0.5, 0.6) is 5.75 Å². The van der Waals surface area contributed by atoms with Gasteiger partial charge in [-0.1, -0.05) is 30.7 Å². The Hall–Kier alpha value is -2.86. The average molecular weight is 411 g/mol. The first kappa shape index (κ1) is 21.8. The highest BCUT2D eigenvalue weighted by Gasteiger charge is 2.20. The molecule has 1 saturated heterocycles. The molecule has 1 fully saturated rings. The average Bonchev–Trinajstić information content (AvgIpc) is 2.76. The molecule has 0 aromatic heterocycles. The van der Waals surface area contributed by atoms with Crippen molar-refractivity contribution in [3.63, 3.8) is 0 Å². The number of benzene rings is 2. The van der Waals surface area contributed by atoms with Crippen LogP contribution >= 0.6 is 0 Å². The van der Waals surface area contributed by atoms with Crippen LogP contribution < -0.4 is 10.1 Å². The van der Waals surface area contributed by atoms with Crippen LogP contribution in [0.4, 0.5) is 5.69 Å². The number of nitrogens with one attached hydrogen (secondary N) is 1. The standard InChI is InChI=1S/C24H30N2O4/c1-3-29-22-10-6-5-9-21(22)25-23(27)18(2)30-24(28)20-13-11-19(12-14-20)17-26-15-7-4-8-16-26/h5-6,9-14,18H,3-4,7-8,15-17H2,1-2H3,(H,25,27)/t18-/m1/s1. The molecule has 30 heavy (non-hydrogen) atoms. The first-order valence-electron chi connectivity index (χ1n) is 10.6. The Morgan fingerprint density at radius 2 is 1.73 bits per heavy atom. The van der Waals surface area contributed by atoms with Gasteiger partial charge in [0, 0.05) is 6.54 Å². The zero-order valence-corrected chi connectivity index (χ0v) is 17.7. The SMILES string of the molecule is CCOc1ccccc1NC(=O)[C@@H](C)OC(=O)c1ccc(CN2CCCCC2)cc1. The van der Waals surface area contributed by atoms with Crippen molar-refractivity contribution >= 4 is 17.6 Å². The molecule has 2 aromatic rings. The van der Waals surface area contributed by atoms with Gasteiger partial charge < -0.3 is 14.8 Å². The summed E-state index contributed by atoms with van der Waals surface area (Å²) < 4.78 is 10.9. The van der Waals surface area contributed by atoms with Gasteiger partial charge in [0.1, 0.15) is 5.75 Å². The summed E-state index contributed by atoms with van der Waals surface area (Å²) in [6.07, 6.45) is 2.88. The Morgan fingerprint density at radius 1 is 1.03 bits per heavy atom. The molecule has 0 spiro atoms. The molecule has 3 rings (SSSR count). The maximum absolute atomic E-state index is 12.5. The molecule has 2 aromatic carbocycles. The van der Waals surface area contributed by atoms with Crippen LogP contribution in [0.1, 0.15) is 49.0 Å². The van der Waals surface area contributed by atoms with Crippen molar-refractivity contribution in [2.75, 3.05) is 25.0 Å². The first-order valence-corrected chi connectivity index (χ1v) is 10.6. The third-order valence-electron chi connectivity index (χ3n) is 5.14. The third kappa shape index (κ3) is 6.07. The number of piperidine rings is 1. The number of amides is 1. The van der Waals surface area contributed by atoms with E-state index in [4.69, 9.17) is 9.47 Å². The van der Waals surface area contributed by atoms with Gasteiger partial charge >= 0.3 is 5.97 Å². The monoisotopic (exact) mass is 410 g/mol. The molecule has 6 heteroatoms. The third-order valence-corrected chi connectivity index (χ3v) is 5.14. The normalized spacial score (nSPS) is 15.3. The van der Waals surface area contributed by atoms with E-state index < -0.39 is 18.0 Å². The molecular formula is C24H30N2O4. The van der Waals surface area contributed by atoms with Gasteiger partial charge in [0.05, 0.1) is 17.9 Å². The summed E-state index contributed by atoms with van der Waals surface area (Å²) in [4.78, 5) is 27.3. The molecule has 0 saturated carbocycles. The Labute approximate surface area is 178 Å². The molecule has 0 bridgehead atoms. The van der Waals surface area contributed by atoms with E-state index in [0.29, 0.717) is 23.6 Å². The van der Waals surface area contributed by atoms with Crippen LogP contribution in [0, 0.1) is 0 Å². The van der Waals surface area contributed by atoms with Crippen LogP contribution in [0.3, 0.4) is 0 Å². The maximum Gasteiger partial charge on any atom is 0.338 e. The Bertz CT molecular complexity index is 845. The summed E-state index contributed by atoms with van der Waals surface area (Å²) in [5, 5.41) is 2.76. The quantitative estimate of drug-likeness (QED) is 0.659. The zero-order valence-electron chi connectivity index (χ0n) is 17.7. The predicted octanol–water partition coefficient (Wildman–Crippen LogP) is 4.26. The molecule has 0 radical (unpaired) electrons. The maximum atomic E-state index is 12.5. The Kier molecular flexibility index (Phi) is 7.85. The van der Waals surface area contributed by atoms with Crippen LogP contribution in [-0.4, -0.2) is 42.6 Å². The van der Waals surface area contributed by atoms with Gasteiger partial charge in [-0.3, -0.25) is 9.69 Å². The van der Waals surface area contributed by atoms with Gasteiger partial charge in [0.15, 0.2) is 6.10 Å². The predicted molar refractivity (Wildman–Crippen MR) is 117 cm³/mol. The number of anilines is 1. The highest BCUT2D eigenvalue weighted by Crippen LogP contribution is 2.24. The molecule has 6 nitrogen and oxygen atoms in total. The number of hydrogen-bond donors (Lipinski definition) is 1. The molecule has 1 N–H and O–H groups in total. The van der Waals surface area contributed by atoms with E-state index in [-0.39, 0.29) is 0 Å². The summed E-state index contributed by atoms with van der Waals surface area (Å²) in [6.45, 7) is 7.08. The lowest BCUT2D eigenvalue weighted by atomic mass is 10.1. The molecule has 1 aliphatic rings. The van der Waals surface area contributed by atoms with E-state index >= 15 is 0 Å². The molecule has 0 unspecified atom stereocenters. The van der Waals surface area contributed by atoms with Crippen LogP contribution in [0.2, 0.25) is 0 Å². The van der Waals surface area contributed by atoms with Gasteiger partial charge in [-0.25, -0.2) is 4.79 Å². The van der Waals surface area contributed by atoms with Crippen molar-refractivity contribution in [3.05, 3.63) is 59.7 Å². The highest BCUT2D eigenvalue weighted by atomic mass is 16.5. The van der Waals surface area contributed by atoms with Gasteiger partial charge in [0.25, 0.3) is 5.91 Å². The number of likely N-dealkylation sites (tertiary alicyclic amines) is 1. The number of carbonyl (C=O) groups excluding carboxylic acids is 2. The minimum atomic E-state index is -0.930. The lowest BCUT2D eigenvalue weighted by Gasteiger charge is -2.26. The molecular weight excluding hydrogens is 380 g/mol. The van der Waals surface area contributed by atoms with E-state index in [1.165, 1.54) is 24.8 Å². The zero-order chi connectivity index (χ0) is 21.3. The van der Waals surface area contributed by atoms with Gasteiger partial charge in [-0.05, 0) is 69.6 Å². The number of rotatable bonds is 8. The summed E-state index contributed by atoms with van der Waals surface area (Å²) in [6, 6.07) is 14.6. The van der Waals surface area contributed by atoms with E-state index in [0.717, 1.165) is 19.6 Å². The second kappa shape index (κ2) is 10.8. The number of ether oxygens (including phenoxy) is 2. The molecule has 1 heterocycles. The van der Waals surface area contributed by atoms with E-state index in [9.17, 15) is 9.59 Å². The largest absolute Gasteiger partial charge is 0.492 e. The van der Waals surface area contributed by atoms with Crippen molar-refractivity contribution in [2.24, 2.45) is 0 Å². The van der Waals surface area contributed by atoms with E-state index in [2.05, 4.69) is 10.2 Å². The summed E-state index contributed by atoms with van der Waals surface area (Å²) >= 11 is 0. The molecule has 0 aliphatic carbocycles. The molecule has 160 valence electrons. The van der Waals surface area contributed by atoms with Gasteiger partial charge in [0.2, 0.25) is 0 Å². The number of esters is 1. The number of hydrogen-bond acceptors (Lipinski definition) is 5. The van der Waals surface area contributed by atoms with Crippen LogP contribution in [0.25, 0.3) is 0 Å². The molecule has 1 atom stereocenters. The van der Waals surface area contributed by atoms with E-state index in [1.807, 2.05) is 25.1 Å². The Morgan fingerprint density at radius 3 is 2.43 bits per heavy atom. The van der Waals surface area contributed by atoms with Crippen molar-refractivity contribution in [1.82, 2.24) is 4.90 Å². The lowest BCUT2D eigenvalue weighted by Crippen LogP contribution is -2.30. The minimum Gasteiger partial charge on any atom is -0.492 e. The van der Waals surface area contributed by atoms with Gasteiger partial charge in [-0.15, -0.1) is 0 Å². The minimum absolute atomic E-state index is 0.405. The first-order chi connectivity index (χ1) is 14.6. The summed E-state index contributed by atoms with van der Waals surface area (Å²) in [5.41, 5.74) is 2.16.